The Balaban J connectivity index is 2.15. The number of halogens is 1. The Bertz CT molecular complexity index is 357. The molecule has 0 spiro atoms. The lowest BCUT2D eigenvalue weighted by Gasteiger charge is -2.34. The molecule has 0 bridgehead atoms. The largest absolute Gasteiger partial charge is 0.314 e. The van der Waals surface area contributed by atoms with Gasteiger partial charge in [0.15, 0.2) is 0 Å². The fraction of sp³-hybridized carbons (Fsp3) is 0.462. The molecule has 2 rings (SSSR count). The predicted octanol–water partition coefficient (Wildman–Crippen LogP) is 2.26. The van der Waals surface area contributed by atoms with Gasteiger partial charge in [-0.2, -0.15) is 0 Å². The second kappa shape index (κ2) is 6.15. The molecule has 0 aromatic carbocycles. The molecule has 3 nitrogen and oxygen atoms in total. The molecule has 2 heterocycles. The summed E-state index contributed by atoms with van der Waals surface area (Å²) in [7, 11) is 0. The topological polar surface area (TPSA) is 28.2 Å². The maximum absolute atomic E-state index is 5.82. The lowest BCUT2D eigenvalue weighted by Crippen LogP contribution is -2.45. The maximum atomic E-state index is 5.82. The van der Waals surface area contributed by atoms with E-state index in [0.717, 1.165) is 32.6 Å². The van der Waals surface area contributed by atoms with Gasteiger partial charge in [0, 0.05) is 38.4 Å². The highest BCUT2D eigenvalue weighted by atomic mass is 35.5. The van der Waals surface area contributed by atoms with E-state index in [1.807, 2.05) is 18.3 Å². The average Bonchev–Trinajstić information content (AvgIpc) is 2.38. The van der Waals surface area contributed by atoms with Crippen molar-refractivity contribution in [1.82, 2.24) is 15.2 Å². The second-order valence-corrected chi connectivity index (χ2v) is 4.63. The minimum Gasteiger partial charge on any atom is -0.314 e. The van der Waals surface area contributed by atoms with Gasteiger partial charge >= 0.3 is 0 Å². The van der Waals surface area contributed by atoms with Crippen LogP contribution in [0.2, 0.25) is 5.15 Å². The molecule has 92 valence electrons. The summed E-state index contributed by atoms with van der Waals surface area (Å²) in [5.41, 5.74) is 1.22. The van der Waals surface area contributed by atoms with Crippen LogP contribution in [0.25, 0.3) is 0 Å². The van der Waals surface area contributed by atoms with Crippen LogP contribution in [-0.2, 0) is 0 Å². The molecule has 4 heteroatoms. The summed E-state index contributed by atoms with van der Waals surface area (Å²) in [5.74, 6) is 0. The van der Waals surface area contributed by atoms with Crippen molar-refractivity contribution in [3.63, 3.8) is 0 Å². The summed E-state index contributed by atoms with van der Waals surface area (Å²) in [6, 6.07) is 4.29. The van der Waals surface area contributed by atoms with Crippen LogP contribution >= 0.6 is 11.6 Å². The van der Waals surface area contributed by atoms with Crippen molar-refractivity contribution in [3.8, 4) is 0 Å². The summed E-state index contributed by atoms with van der Waals surface area (Å²) >= 11 is 5.82. The molecule has 0 amide bonds. The Morgan fingerprint density at radius 2 is 2.24 bits per heavy atom. The van der Waals surface area contributed by atoms with Crippen LogP contribution in [0.15, 0.2) is 31.0 Å². The molecule has 1 fully saturated rings. The normalized spacial score (nSPS) is 18.9. The third-order valence-corrected chi connectivity index (χ3v) is 3.34. The molecule has 0 unspecified atom stereocenters. The number of nitrogens with zero attached hydrogens (tertiary/aromatic N) is 2. The molecule has 1 aliphatic rings. The monoisotopic (exact) mass is 251 g/mol. The van der Waals surface area contributed by atoms with E-state index < -0.39 is 0 Å². The van der Waals surface area contributed by atoms with Crippen LogP contribution in [-0.4, -0.2) is 36.1 Å². The first-order valence-electron chi connectivity index (χ1n) is 5.98. The molecule has 0 aliphatic carbocycles. The van der Waals surface area contributed by atoms with Crippen molar-refractivity contribution in [2.75, 3.05) is 26.2 Å². The van der Waals surface area contributed by atoms with E-state index in [-0.39, 0.29) is 0 Å². The van der Waals surface area contributed by atoms with Gasteiger partial charge in [-0.05, 0) is 18.1 Å². The molecule has 0 radical (unpaired) electrons. The van der Waals surface area contributed by atoms with Crippen LogP contribution < -0.4 is 5.32 Å². The van der Waals surface area contributed by atoms with Gasteiger partial charge in [0.05, 0.1) is 0 Å². The Kier molecular flexibility index (Phi) is 4.54. The molecule has 17 heavy (non-hydrogen) atoms. The summed E-state index contributed by atoms with van der Waals surface area (Å²) in [4.78, 5) is 6.64. The van der Waals surface area contributed by atoms with Gasteiger partial charge in [0.25, 0.3) is 0 Å². The van der Waals surface area contributed by atoms with E-state index in [0.29, 0.717) is 11.2 Å². The fourth-order valence-electron chi connectivity index (χ4n) is 2.23. The number of rotatable bonds is 4. The molecular formula is C13H18ClN3. The zero-order chi connectivity index (χ0) is 12.1. The molecule has 1 atom stereocenters. The number of hydrogen-bond donors (Lipinski definition) is 1. The Hall–Kier alpha value is -0.900. The van der Waals surface area contributed by atoms with Gasteiger partial charge in [-0.3, -0.25) is 4.90 Å². The predicted molar refractivity (Wildman–Crippen MR) is 71.2 cm³/mol. The van der Waals surface area contributed by atoms with Crippen molar-refractivity contribution >= 4 is 11.6 Å². The maximum Gasteiger partial charge on any atom is 0.129 e. The average molecular weight is 252 g/mol. The molecule has 1 aliphatic heterocycles. The number of nitrogens with one attached hydrogen (secondary N) is 1. The summed E-state index contributed by atoms with van der Waals surface area (Å²) < 4.78 is 0. The summed E-state index contributed by atoms with van der Waals surface area (Å²) in [6.07, 6.45) is 4.79. The molecular weight excluding hydrogens is 234 g/mol. The first-order chi connectivity index (χ1) is 8.31. The van der Waals surface area contributed by atoms with Crippen LogP contribution in [0.4, 0.5) is 0 Å². The molecule has 1 aromatic rings. The van der Waals surface area contributed by atoms with E-state index in [4.69, 9.17) is 11.6 Å². The van der Waals surface area contributed by atoms with Crippen LogP contribution in [0.3, 0.4) is 0 Å². The van der Waals surface area contributed by atoms with Crippen molar-refractivity contribution in [1.29, 1.82) is 0 Å². The Morgan fingerprint density at radius 3 is 2.82 bits per heavy atom. The second-order valence-electron chi connectivity index (χ2n) is 4.24. The van der Waals surface area contributed by atoms with Crippen LogP contribution in [0.5, 0.6) is 0 Å². The van der Waals surface area contributed by atoms with Crippen LogP contribution in [0.1, 0.15) is 18.0 Å². The van der Waals surface area contributed by atoms with Gasteiger partial charge in [-0.1, -0.05) is 23.7 Å². The lowest BCUT2D eigenvalue weighted by atomic mass is 10.0. The summed E-state index contributed by atoms with van der Waals surface area (Å²) in [5, 5.41) is 3.92. The number of pyridine rings is 1. The zero-order valence-corrected chi connectivity index (χ0v) is 10.7. The van der Waals surface area contributed by atoms with Gasteiger partial charge in [-0.15, -0.1) is 6.58 Å². The summed E-state index contributed by atoms with van der Waals surface area (Å²) in [6.45, 7) is 8.09. The highest BCUT2D eigenvalue weighted by Gasteiger charge is 2.21. The standard InChI is InChI=1S/C13H18ClN3/c1-2-3-12(17-8-6-15-7-9-17)11-4-5-13(14)16-10-11/h2,4-5,10,12,15H,1,3,6-9H2/t12-/m1/s1. The van der Waals surface area contributed by atoms with Crippen molar-refractivity contribution in [2.45, 2.75) is 12.5 Å². The first-order valence-corrected chi connectivity index (χ1v) is 6.36. The Morgan fingerprint density at radius 1 is 1.47 bits per heavy atom. The zero-order valence-electron chi connectivity index (χ0n) is 9.90. The SMILES string of the molecule is C=CC[C@H](c1ccc(Cl)nc1)N1CCNCC1. The highest BCUT2D eigenvalue weighted by Crippen LogP contribution is 2.25. The number of aromatic nitrogens is 1. The van der Waals surface area contributed by atoms with E-state index >= 15 is 0 Å². The van der Waals surface area contributed by atoms with Gasteiger partial charge in [0.1, 0.15) is 5.15 Å². The van der Waals surface area contributed by atoms with Gasteiger partial charge < -0.3 is 5.32 Å². The molecule has 0 saturated carbocycles. The number of hydrogen-bond acceptors (Lipinski definition) is 3. The highest BCUT2D eigenvalue weighted by molar-refractivity contribution is 6.29. The third kappa shape index (κ3) is 3.28. The fourth-order valence-corrected chi connectivity index (χ4v) is 2.34. The van der Waals surface area contributed by atoms with Gasteiger partial charge in [0.2, 0.25) is 0 Å². The van der Waals surface area contributed by atoms with E-state index in [1.165, 1.54) is 5.56 Å². The van der Waals surface area contributed by atoms with Crippen LogP contribution in [0, 0.1) is 0 Å². The molecule has 1 N–H and O–H groups in total. The lowest BCUT2D eigenvalue weighted by molar-refractivity contribution is 0.174. The van der Waals surface area contributed by atoms with Crippen molar-refractivity contribution in [2.24, 2.45) is 0 Å². The van der Waals surface area contributed by atoms with Gasteiger partial charge in [-0.25, -0.2) is 4.98 Å². The van der Waals surface area contributed by atoms with E-state index in [1.54, 1.807) is 0 Å². The van der Waals surface area contributed by atoms with E-state index in [2.05, 4.69) is 27.8 Å². The number of piperazine rings is 1. The van der Waals surface area contributed by atoms with Crippen molar-refractivity contribution in [3.05, 3.63) is 41.7 Å². The first kappa shape index (κ1) is 12.6. The third-order valence-electron chi connectivity index (χ3n) is 3.12. The smallest absolute Gasteiger partial charge is 0.129 e. The molecule has 1 saturated heterocycles. The van der Waals surface area contributed by atoms with Crippen molar-refractivity contribution < 1.29 is 0 Å². The quantitative estimate of drug-likeness (QED) is 0.657. The molecule has 1 aromatic heterocycles. The minimum absolute atomic E-state index is 0.374. The Labute approximate surface area is 107 Å². The minimum atomic E-state index is 0.374. The van der Waals surface area contributed by atoms with E-state index in [9.17, 15) is 0 Å².